The molecule has 0 saturated heterocycles. The third-order valence-electron chi connectivity index (χ3n) is 9.42. The van der Waals surface area contributed by atoms with Crippen molar-refractivity contribution < 1.29 is 24.1 Å². The van der Waals surface area contributed by atoms with Gasteiger partial charge in [0.2, 0.25) is 0 Å². The highest BCUT2D eigenvalue weighted by Crippen LogP contribution is 2.31. The molecule has 0 saturated carbocycles. The van der Waals surface area contributed by atoms with Crippen molar-refractivity contribution in [2.75, 3.05) is 43.5 Å². The number of benzene rings is 2. The van der Waals surface area contributed by atoms with Crippen molar-refractivity contribution in [2.45, 2.75) is 182 Å². The molecule has 0 atom stereocenters. The molecule has 2 rings (SSSR count). The molecule has 0 fully saturated rings. The molecule has 298 valence electrons. The van der Waals surface area contributed by atoms with Gasteiger partial charge >= 0.3 is 0 Å². The molecule has 2 aromatic carbocycles. The Balaban J connectivity index is 2.22. The second-order valence-corrected chi connectivity index (χ2v) is 14.3. The van der Waals surface area contributed by atoms with E-state index in [1.165, 1.54) is 109 Å². The van der Waals surface area contributed by atoms with Gasteiger partial charge in [-0.15, -0.1) is 10.5 Å². The molecule has 0 unspecified atom stereocenters. The van der Waals surface area contributed by atoms with Gasteiger partial charge in [0, 0.05) is 6.61 Å². The van der Waals surface area contributed by atoms with Crippen molar-refractivity contribution in [3.8, 4) is 0 Å². The molecule has 0 N–H and O–H groups in total. The van der Waals surface area contributed by atoms with Crippen LogP contribution in [0.5, 0.6) is 0 Å². The molecular weight excluding hydrogens is 649 g/mol. The van der Waals surface area contributed by atoms with Gasteiger partial charge in [-0.2, -0.15) is 0 Å². The van der Waals surface area contributed by atoms with E-state index in [1.807, 2.05) is 0 Å². The SMILES string of the molecule is CCCCCCCCOC(c1ccc(N(OCCCCCC)OCCCCCC)cc1)c1ccc(N(OCCCCCC)OCCCCCC)cc1. The molecule has 7 heteroatoms. The van der Waals surface area contributed by atoms with Crippen LogP contribution in [0.4, 0.5) is 11.4 Å². The average molecular weight is 727 g/mol. The Labute approximate surface area is 319 Å². The number of rotatable bonds is 36. The first kappa shape index (κ1) is 46.0. The van der Waals surface area contributed by atoms with Crippen molar-refractivity contribution in [3.05, 3.63) is 59.7 Å². The number of hydrogen-bond donors (Lipinski definition) is 0. The number of unbranched alkanes of at least 4 members (excludes halogenated alkanes) is 17. The lowest BCUT2D eigenvalue weighted by molar-refractivity contribution is -0.0916. The molecule has 0 aliphatic heterocycles. The van der Waals surface area contributed by atoms with Crippen molar-refractivity contribution in [3.63, 3.8) is 0 Å². The van der Waals surface area contributed by atoms with Gasteiger partial charge in [0.1, 0.15) is 6.10 Å². The molecule has 0 aliphatic carbocycles. The zero-order chi connectivity index (χ0) is 37.3. The van der Waals surface area contributed by atoms with Crippen molar-refractivity contribution >= 4 is 11.4 Å². The fourth-order valence-corrected chi connectivity index (χ4v) is 6.09. The van der Waals surface area contributed by atoms with E-state index in [1.54, 1.807) is 10.5 Å². The largest absolute Gasteiger partial charge is 0.369 e. The normalized spacial score (nSPS) is 11.5. The predicted molar refractivity (Wildman–Crippen MR) is 219 cm³/mol. The highest BCUT2D eigenvalue weighted by molar-refractivity contribution is 5.48. The summed E-state index contributed by atoms with van der Waals surface area (Å²) in [6.07, 6.45) is 25.8. The Morgan fingerprint density at radius 2 is 0.615 bits per heavy atom. The highest BCUT2D eigenvalue weighted by Gasteiger charge is 2.18. The summed E-state index contributed by atoms with van der Waals surface area (Å²) in [6, 6.07) is 17.0. The molecule has 7 nitrogen and oxygen atoms in total. The molecule has 52 heavy (non-hydrogen) atoms. The van der Waals surface area contributed by atoms with E-state index < -0.39 is 0 Å². The Hall–Kier alpha value is -2.16. The number of ether oxygens (including phenoxy) is 1. The minimum Gasteiger partial charge on any atom is -0.369 e. The minimum absolute atomic E-state index is 0.185. The summed E-state index contributed by atoms with van der Waals surface area (Å²) in [4.78, 5) is 24.7. The lowest BCUT2D eigenvalue weighted by Crippen LogP contribution is -2.25. The van der Waals surface area contributed by atoms with E-state index in [0.29, 0.717) is 26.4 Å². The molecule has 0 aliphatic rings. The number of nitrogens with zero attached hydrogens (tertiary/aromatic N) is 2. The van der Waals surface area contributed by atoms with Gasteiger partial charge in [-0.1, -0.05) is 168 Å². The smallest absolute Gasteiger partial charge is 0.108 e. The summed E-state index contributed by atoms with van der Waals surface area (Å²) in [5.41, 5.74) is 4.04. The molecule has 0 bridgehead atoms. The average Bonchev–Trinajstić information content (AvgIpc) is 3.17. The van der Waals surface area contributed by atoms with E-state index in [9.17, 15) is 0 Å². The highest BCUT2D eigenvalue weighted by atomic mass is 17.0. The zero-order valence-electron chi connectivity index (χ0n) is 34.2. The Bertz CT molecular complexity index is 947. The summed E-state index contributed by atoms with van der Waals surface area (Å²) in [6.45, 7) is 14.5. The third kappa shape index (κ3) is 20.9. The van der Waals surface area contributed by atoms with Crippen LogP contribution in [-0.2, 0) is 24.1 Å². The Morgan fingerprint density at radius 1 is 0.346 bits per heavy atom. The van der Waals surface area contributed by atoms with E-state index >= 15 is 0 Å². The lowest BCUT2D eigenvalue weighted by atomic mass is 10.0. The fraction of sp³-hybridized carbons (Fsp3) is 0.733. The van der Waals surface area contributed by atoms with Crippen LogP contribution in [0.3, 0.4) is 0 Å². The molecular formula is C45H78N2O5. The van der Waals surface area contributed by atoms with Crippen LogP contribution in [0.25, 0.3) is 0 Å². The van der Waals surface area contributed by atoms with Crippen molar-refractivity contribution in [1.29, 1.82) is 0 Å². The van der Waals surface area contributed by atoms with Crippen molar-refractivity contribution in [2.24, 2.45) is 0 Å². The van der Waals surface area contributed by atoms with Crippen LogP contribution < -0.4 is 10.5 Å². The van der Waals surface area contributed by atoms with Gasteiger partial charge in [-0.3, -0.25) is 0 Å². The first-order valence-electron chi connectivity index (χ1n) is 21.6. The van der Waals surface area contributed by atoms with E-state index in [2.05, 4.69) is 83.1 Å². The quantitative estimate of drug-likeness (QED) is 0.0512. The van der Waals surface area contributed by atoms with Gasteiger partial charge in [-0.05, 0) is 67.5 Å². The fourth-order valence-electron chi connectivity index (χ4n) is 6.09. The minimum atomic E-state index is -0.185. The first-order valence-corrected chi connectivity index (χ1v) is 21.6. The summed E-state index contributed by atoms with van der Waals surface area (Å²) in [7, 11) is 0. The summed E-state index contributed by atoms with van der Waals surface area (Å²) < 4.78 is 6.68. The van der Waals surface area contributed by atoms with Crippen molar-refractivity contribution in [1.82, 2.24) is 0 Å². The number of hydrogen-bond acceptors (Lipinski definition) is 7. The lowest BCUT2D eigenvalue weighted by Gasteiger charge is -2.25. The molecule has 0 heterocycles. The van der Waals surface area contributed by atoms with Gasteiger partial charge in [0.05, 0.1) is 37.8 Å². The van der Waals surface area contributed by atoms with Crippen LogP contribution in [0.2, 0.25) is 0 Å². The maximum atomic E-state index is 6.68. The first-order chi connectivity index (χ1) is 25.7. The Morgan fingerprint density at radius 3 is 0.942 bits per heavy atom. The monoisotopic (exact) mass is 727 g/mol. The maximum Gasteiger partial charge on any atom is 0.108 e. The van der Waals surface area contributed by atoms with Crippen LogP contribution in [0.1, 0.15) is 193 Å². The molecule has 0 amide bonds. The summed E-state index contributed by atoms with van der Waals surface area (Å²) in [5.74, 6) is 0. The molecule has 0 aromatic heterocycles. The van der Waals surface area contributed by atoms with Gasteiger partial charge in [0.15, 0.2) is 0 Å². The van der Waals surface area contributed by atoms with Gasteiger partial charge in [0.25, 0.3) is 0 Å². The maximum absolute atomic E-state index is 6.68. The van der Waals surface area contributed by atoms with E-state index in [0.717, 1.165) is 61.2 Å². The van der Waals surface area contributed by atoms with Crippen LogP contribution in [0, 0.1) is 0 Å². The zero-order valence-corrected chi connectivity index (χ0v) is 34.2. The molecule has 2 aromatic rings. The van der Waals surface area contributed by atoms with Gasteiger partial charge < -0.3 is 4.74 Å². The van der Waals surface area contributed by atoms with E-state index in [-0.39, 0.29) is 6.10 Å². The standard InChI is InChI=1S/C45H78N2O5/c1-6-11-16-21-22-23-36-48-45(41-28-32-43(33-29-41)46(49-37-24-17-12-7-2)50-38-25-18-13-8-3)42-30-34-44(35-31-42)47(51-39-26-19-14-9-4)52-40-27-20-15-10-5/h28-35,45H,6-27,36-40H2,1-5H3. The second kappa shape index (κ2) is 32.3. The van der Waals surface area contributed by atoms with Crippen LogP contribution in [-0.4, -0.2) is 33.0 Å². The number of anilines is 2. The van der Waals surface area contributed by atoms with Gasteiger partial charge in [-0.25, -0.2) is 19.4 Å². The third-order valence-corrected chi connectivity index (χ3v) is 9.42. The topological polar surface area (TPSA) is 52.6 Å². The Kier molecular flexibility index (Phi) is 28.6. The van der Waals surface area contributed by atoms with E-state index in [4.69, 9.17) is 24.1 Å². The summed E-state index contributed by atoms with van der Waals surface area (Å²) >= 11 is 0. The van der Waals surface area contributed by atoms with Crippen LogP contribution >= 0.6 is 0 Å². The summed E-state index contributed by atoms with van der Waals surface area (Å²) in [5, 5.41) is 3.28. The second-order valence-electron chi connectivity index (χ2n) is 14.3. The van der Waals surface area contributed by atoms with Crippen LogP contribution in [0.15, 0.2) is 48.5 Å². The molecule has 0 radical (unpaired) electrons. The molecule has 0 spiro atoms. The predicted octanol–water partition coefficient (Wildman–Crippen LogP) is 13.8.